The Morgan fingerprint density at radius 3 is 1.56 bits per heavy atom. The number of carboxylic acid groups (broad SMARTS) is 1. The van der Waals surface area contributed by atoms with Crippen LogP contribution in [0.4, 0.5) is 0 Å². The molecule has 0 aliphatic carbocycles. The molecule has 0 radical (unpaired) electrons. The summed E-state index contributed by atoms with van der Waals surface area (Å²) in [5.41, 5.74) is 0. The summed E-state index contributed by atoms with van der Waals surface area (Å²) in [6.07, 6.45) is -44.5. The highest BCUT2D eigenvalue weighted by Gasteiger charge is 2.61. The van der Waals surface area contributed by atoms with Crippen molar-refractivity contribution in [2.24, 2.45) is 0 Å². The van der Waals surface area contributed by atoms with E-state index in [1.54, 1.807) is 0 Å². The summed E-state index contributed by atoms with van der Waals surface area (Å²) in [7, 11) is 0. The van der Waals surface area contributed by atoms with Crippen LogP contribution in [-0.4, -0.2) is 297 Å². The maximum atomic E-state index is 13.0. The number of nitrogens with one attached hydrogen (secondary N) is 3. The van der Waals surface area contributed by atoms with E-state index in [4.69, 9.17) is 42.6 Å². The SMILES string of the molecule is CC(=O)N[C@@H]1[C@@H](O[C@@H]2O[C@H](CO)[C@H](O)[C@H](O[C@]3(C(=O)O)C[C@H](O)[C@@H](NC(C)=O)[C@H]([C@H](O)[C@H](O)CO)O3)[C@H]2O)[C@@H](O)[C@@H](CO[C@@H]2O[C@H](CO)[C@@H](O)[C@H](O[C@@H]3O[C@H](CO)[C@H](O)[C@H](O)[C@H]3O)[C@H]2NC(C)=O)O[C@@H]1O. The van der Waals surface area contributed by atoms with Gasteiger partial charge in [0.15, 0.2) is 25.2 Å². The Morgan fingerprint density at radius 1 is 0.577 bits per heavy atom. The number of carbonyl (C=O) groups is 4. The average Bonchev–Trinajstić information content (AvgIpc) is 3.31. The number of aliphatic hydroxyl groups excluding tert-OH is 15. The molecule has 410 valence electrons. The van der Waals surface area contributed by atoms with Gasteiger partial charge in [-0.3, -0.25) is 14.4 Å². The van der Waals surface area contributed by atoms with Gasteiger partial charge in [-0.05, 0) is 0 Å². The lowest BCUT2D eigenvalue weighted by Crippen LogP contribution is -2.71. The van der Waals surface area contributed by atoms with E-state index < -0.39 is 222 Å². The summed E-state index contributed by atoms with van der Waals surface area (Å²) >= 11 is 0. The molecule has 32 heteroatoms. The maximum absolute atomic E-state index is 13.0. The summed E-state index contributed by atoms with van der Waals surface area (Å²) in [4.78, 5) is 49.8. The van der Waals surface area contributed by atoms with Crippen molar-refractivity contribution in [1.29, 1.82) is 0 Å². The molecule has 5 rings (SSSR count). The summed E-state index contributed by atoms with van der Waals surface area (Å²) in [6.45, 7) is -1.92. The van der Waals surface area contributed by atoms with Gasteiger partial charge in [0.25, 0.3) is 5.79 Å². The fourth-order valence-corrected chi connectivity index (χ4v) is 8.83. The number of carbonyl (C=O) groups excluding carboxylic acids is 3. The minimum atomic E-state index is -3.18. The highest BCUT2D eigenvalue weighted by Crippen LogP contribution is 2.39. The molecule has 32 nitrogen and oxygen atoms in total. The predicted octanol–water partition coefficient (Wildman–Crippen LogP) is -12.3. The van der Waals surface area contributed by atoms with Crippen LogP contribution in [0.5, 0.6) is 0 Å². The van der Waals surface area contributed by atoms with E-state index in [0.717, 1.165) is 20.8 Å². The quantitative estimate of drug-likeness (QED) is 0.0571. The van der Waals surface area contributed by atoms with Crippen molar-refractivity contribution in [2.75, 3.05) is 33.0 Å². The highest BCUT2D eigenvalue weighted by molar-refractivity contribution is 5.77. The van der Waals surface area contributed by atoms with E-state index in [2.05, 4.69) is 16.0 Å². The fourth-order valence-electron chi connectivity index (χ4n) is 8.83. The van der Waals surface area contributed by atoms with Crippen LogP contribution in [0, 0.1) is 0 Å². The van der Waals surface area contributed by atoms with Crippen LogP contribution in [-0.2, 0) is 61.8 Å². The second-order valence-corrected chi connectivity index (χ2v) is 17.6. The van der Waals surface area contributed by atoms with Crippen LogP contribution >= 0.6 is 0 Å². The van der Waals surface area contributed by atoms with E-state index in [1.165, 1.54) is 0 Å². The maximum Gasteiger partial charge on any atom is 0.364 e. The molecule has 19 N–H and O–H groups in total. The zero-order valence-electron chi connectivity index (χ0n) is 38.1. The Hall–Kier alpha value is -3.08. The van der Waals surface area contributed by atoms with Gasteiger partial charge in [-0.15, -0.1) is 0 Å². The highest BCUT2D eigenvalue weighted by atomic mass is 16.8. The molecule has 0 unspecified atom stereocenters. The zero-order chi connectivity index (χ0) is 53.0. The first-order valence-electron chi connectivity index (χ1n) is 22.2. The zero-order valence-corrected chi connectivity index (χ0v) is 38.1. The van der Waals surface area contributed by atoms with Gasteiger partial charge in [0, 0.05) is 27.2 Å². The van der Waals surface area contributed by atoms with E-state index in [9.17, 15) is 101 Å². The molecule has 5 saturated heterocycles. The molecule has 0 aromatic heterocycles. The number of amides is 3. The molecule has 26 atom stereocenters. The van der Waals surface area contributed by atoms with Gasteiger partial charge in [0.05, 0.1) is 45.2 Å². The lowest BCUT2D eigenvalue weighted by molar-refractivity contribution is -0.381. The third kappa shape index (κ3) is 13.1. The Morgan fingerprint density at radius 2 is 1.04 bits per heavy atom. The Labute approximate surface area is 402 Å². The third-order valence-electron chi connectivity index (χ3n) is 12.5. The van der Waals surface area contributed by atoms with E-state index in [1.807, 2.05) is 0 Å². The Bertz CT molecular complexity index is 1770. The van der Waals surface area contributed by atoms with Crippen molar-refractivity contribution in [3.63, 3.8) is 0 Å². The molecular weight excluding hydrogens is 974 g/mol. The van der Waals surface area contributed by atoms with Gasteiger partial charge in [-0.1, -0.05) is 0 Å². The normalized spacial score (nSPS) is 45.0. The second-order valence-electron chi connectivity index (χ2n) is 17.6. The minimum absolute atomic E-state index is 0.799. The van der Waals surface area contributed by atoms with Crippen LogP contribution in [0.2, 0.25) is 0 Å². The lowest BCUT2D eigenvalue weighted by atomic mass is 9.88. The summed E-state index contributed by atoms with van der Waals surface area (Å²) in [5.74, 6) is -7.71. The molecule has 0 saturated carbocycles. The molecule has 3 amide bonds. The van der Waals surface area contributed by atoms with Crippen LogP contribution < -0.4 is 16.0 Å². The fraction of sp³-hybridized carbons (Fsp3) is 0.897. The van der Waals surface area contributed by atoms with Crippen LogP contribution in [0.3, 0.4) is 0 Å². The molecule has 0 aromatic rings. The smallest absolute Gasteiger partial charge is 0.364 e. The standard InChI is InChI=1S/C39H65N3O29/c1-10(47)40-19-13(50)4-39(38(61)62,70-32(19)22(52)14(51)5-43)71-33-25(55)17(8-46)67-37(29(33)59)68-30-20(41-11(2)48)34(60)64-18(26(30)56)9-63-35-21(42-12(3)49)31(24(54)16(7-45)65-35)69-36-28(58)27(57)23(53)15(6-44)66-36/h13-37,43-46,50-60H,4-9H2,1-3H3,(H,40,47)(H,41,48)(H,42,49)(H,61,62)/t13-,14+,15+,16+,17+,18+,19+,20+,21+,22+,23-,24+,25-,26-,27-,28+,29+,30+,31+,32+,33-,34-,35+,36-,37-,39-/m0/s1. The number of ether oxygens (including phenoxy) is 9. The van der Waals surface area contributed by atoms with Crippen molar-refractivity contribution in [1.82, 2.24) is 16.0 Å². The predicted molar refractivity (Wildman–Crippen MR) is 219 cm³/mol. The van der Waals surface area contributed by atoms with Gasteiger partial charge in [-0.25, -0.2) is 4.79 Å². The van der Waals surface area contributed by atoms with Gasteiger partial charge >= 0.3 is 5.97 Å². The van der Waals surface area contributed by atoms with Gasteiger partial charge in [0.1, 0.15) is 116 Å². The third-order valence-corrected chi connectivity index (χ3v) is 12.5. The number of hydrogen-bond donors (Lipinski definition) is 19. The second kappa shape index (κ2) is 25.0. The minimum Gasteiger partial charge on any atom is -0.477 e. The molecular formula is C39H65N3O29. The molecule has 5 aliphatic heterocycles. The topological polar surface area (TPSA) is 511 Å². The summed E-state index contributed by atoms with van der Waals surface area (Å²) in [5, 5.41) is 178. The van der Waals surface area contributed by atoms with Gasteiger partial charge < -0.3 is 140 Å². The molecule has 71 heavy (non-hydrogen) atoms. The number of rotatable bonds is 19. The molecule has 0 aromatic carbocycles. The van der Waals surface area contributed by atoms with Crippen LogP contribution in [0.25, 0.3) is 0 Å². The largest absolute Gasteiger partial charge is 0.477 e. The van der Waals surface area contributed by atoms with Crippen LogP contribution in [0.15, 0.2) is 0 Å². The van der Waals surface area contributed by atoms with Crippen molar-refractivity contribution in [2.45, 2.75) is 186 Å². The number of hydrogen-bond acceptors (Lipinski definition) is 28. The first-order chi connectivity index (χ1) is 33.3. The van der Waals surface area contributed by atoms with Crippen molar-refractivity contribution in [3.05, 3.63) is 0 Å². The van der Waals surface area contributed by atoms with Crippen molar-refractivity contribution in [3.8, 4) is 0 Å². The molecule has 5 aliphatic rings. The van der Waals surface area contributed by atoms with Crippen molar-refractivity contribution >= 4 is 23.7 Å². The number of aliphatic hydroxyl groups is 15. The van der Waals surface area contributed by atoms with Crippen LogP contribution in [0.1, 0.15) is 27.2 Å². The van der Waals surface area contributed by atoms with E-state index in [-0.39, 0.29) is 0 Å². The molecule has 0 bridgehead atoms. The number of carboxylic acids is 1. The molecule has 5 heterocycles. The van der Waals surface area contributed by atoms with Crippen molar-refractivity contribution < 1.29 is 144 Å². The van der Waals surface area contributed by atoms with E-state index >= 15 is 0 Å². The summed E-state index contributed by atoms with van der Waals surface area (Å²) in [6, 6.07) is -5.04. The Kier molecular flexibility index (Phi) is 20.7. The summed E-state index contributed by atoms with van der Waals surface area (Å²) < 4.78 is 51.1. The Balaban J connectivity index is 1.41. The first-order valence-corrected chi connectivity index (χ1v) is 22.2. The molecule has 5 fully saturated rings. The monoisotopic (exact) mass is 1040 g/mol. The van der Waals surface area contributed by atoms with Gasteiger partial charge in [0.2, 0.25) is 17.7 Å². The molecule has 0 spiro atoms. The van der Waals surface area contributed by atoms with E-state index in [0.29, 0.717) is 0 Å². The first kappa shape index (κ1) is 58.8. The lowest BCUT2D eigenvalue weighted by Gasteiger charge is -2.51. The van der Waals surface area contributed by atoms with Gasteiger partial charge in [-0.2, -0.15) is 0 Å². The number of aliphatic carboxylic acids is 1. The average molecular weight is 1040 g/mol.